The monoisotopic (exact) mass is 275 g/mol. The zero-order valence-corrected chi connectivity index (χ0v) is 11.3. The van der Waals surface area contributed by atoms with Crippen molar-refractivity contribution < 1.29 is 23.1 Å². The van der Waals surface area contributed by atoms with Gasteiger partial charge in [0.1, 0.15) is 0 Å². The molecule has 1 aromatic rings. The summed E-state index contributed by atoms with van der Waals surface area (Å²) in [4.78, 5) is 5.21. The van der Waals surface area contributed by atoms with Crippen LogP contribution in [-0.4, -0.2) is 20.3 Å². The maximum Gasteiger partial charge on any atom is 0.387 e. The Kier molecular flexibility index (Phi) is 6.52. The van der Waals surface area contributed by atoms with Gasteiger partial charge in [0.15, 0.2) is 11.5 Å². The minimum atomic E-state index is -2.88. The second-order valence-corrected chi connectivity index (χ2v) is 4.39. The van der Waals surface area contributed by atoms with Gasteiger partial charge in [-0.3, -0.25) is 0 Å². The molecule has 0 radical (unpaired) electrons. The Hall–Kier alpha value is -1.40. The second-order valence-electron chi connectivity index (χ2n) is 4.39. The number of methoxy groups -OCH3 is 1. The molecular formula is C13H19F2NO3. The molecule has 0 saturated heterocycles. The van der Waals surface area contributed by atoms with Crippen LogP contribution >= 0.6 is 0 Å². The molecule has 0 heterocycles. The zero-order valence-electron chi connectivity index (χ0n) is 11.3. The van der Waals surface area contributed by atoms with Crippen molar-refractivity contribution in [1.82, 2.24) is 5.48 Å². The van der Waals surface area contributed by atoms with Gasteiger partial charge in [-0.2, -0.15) is 14.3 Å². The Balaban J connectivity index is 2.59. The first-order chi connectivity index (χ1) is 9.02. The highest BCUT2D eigenvalue weighted by Gasteiger charge is 2.11. The lowest BCUT2D eigenvalue weighted by atomic mass is 10.2. The Morgan fingerprint density at radius 3 is 2.53 bits per heavy atom. The molecule has 19 heavy (non-hydrogen) atoms. The molecule has 0 bridgehead atoms. The van der Waals surface area contributed by atoms with Crippen LogP contribution in [0.15, 0.2) is 18.2 Å². The van der Waals surface area contributed by atoms with Crippen LogP contribution in [0.25, 0.3) is 0 Å². The molecule has 4 nitrogen and oxygen atoms in total. The predicted octanol–water partition coefficient (Wildman–Crippen LogP) is 2.97. The third-order valence-electron chi connectivity index (χ3n) is 2.24. The van der Waals surface area contributed by atoms with Crippen molar-refractivity contribution in [2.24, 2.45) is 5.92 Å². The number of rotatable bonds is 8. The number of alkyl halides is 2. The minimum absolute atomic E-state index is 0.0145. The molecule has 6 heteroatoms. The van der Waals surface area contributed by atoms with E-state index in [-0.39, 0.29) is 11.5 Å². The lowest BCUT2D eigenvalue weighted by Gasteiger charge is -2.12. The molecule has 0 aliphatic carbocycles. The predicted molar refractivity (Wildman–Crippen MR) is 67.3 cm³/mol. The number of hydroxylamine groups is 1. The smallest absolute Gasteiger partial charge is 0.387 e. The van der Waals surface area contributed by atoms with E-state index >= 15 is 0 Å². The van der Waals surface area contributed by atoms with Gasteiger partial charge in [-0.1, -0.05) is 19.9 Å². The van der Waals surface area contributed by atoms with Crippen molar-refractivity contribution in [2.45, 2.75) is 27.0 Å². The van der Waals surface area contributed by atoms with Gasteiger partial charge < -0.3 is 14.3 Å². The summed E-state index contributed by atoms with van der Waals surface area (Å²) in [5.41, 5.74) is 3.53. The van der Waals surface area contributed by atoms with E-state index in [4.69, 9.17) is 9.57 Å². The third-order valence-corrected chi connectivity index (χ3v) is 2.24. The zero-order chi connectivity index (χ0) is 14.3. The lowest BCUT2D eigenvalue weighted by Crippen LogP contribution is -2.17. The summed E-state index contributed by atoms with van der Waals surface area (Å²) in [6, 6.07) is 4.83. The highest BCUT2D eigenvalue weighted by Crippen LogP contribution is 2.29. The molecule has 0 amide bonds. The molecule has 0 aromatic heterocycles. The first-order valence-corrected chi connectivity index (χ1v) is 5.99. The molecule has 108 valence electrons. The van der Waals surface area contributed by atoms with Crippen LogP contribution < -0.4 is 15.0 Å². The number of ether oxygens (including phenoxy) is 2. The Bertz CT molecular complexity index is 386. The van der Waals surface area contributed by atoms with Crippen LogP contribution in [0.4, 0.5) is 8.78 Å². The first-order valence-electron chi connectivity index (χ1n) is 5.99. The van der Waals surface area contributed by atoms with Gasteiger partial charge in [0.2, 0.25) is 0 Å². The number of hydrogen-bond acceptors (Lipinski definition) is 4. The average molecular weight is 275 g/mol. The Labute approximate surface area is 111 Å². The molecule has 1 rings (SSSR count). The van der Waals surface area contributed by atoms with Crippen LogP contribution in [0.2, 0.25) is 0 Å². The summed E-state index contributed by atoms with van der Waals surface area (Å²) in [6.07, 6.45) is 0. The number of nitrogens with one attached hydrogen (secondary N) is 1. The number of hydrogen-bond donors (Lipinski definition) is 1. The lowest BCUT2D eigenvalue weighted by molar-refractivity contribution is -0.0513. The Morgan fingerprint density at radius 1 is 1.21 bits per heavy atom. The van der Waals surface area contributed by atoms with Crippen LogP contribution in [0.1, 0.15) is 19.4 Å². The van der Waals surface area contributed by atoms with Gasteiger partial charge in [0.25, 0.3) is 0 Å². The van der Waals surface area contributed by atoms with E-state index in [0.29, 0.717) is 19.1 Å². The molecule has 0 atom stereocenters. The maximum absolute atomic E-state index is 12.2. The van der Waals surface area contributed by atoms with Gasteiger partial charge in [-0.15, -0.1) is 0 Å². The number of benzene rings is 1. The van der Waals surface area contributed by atoms with Crippen LogP contribution in [0.3, 0.4) is 0 Å². The van der Waals surface area contributed by atoms with Crippen LogP contribution in [-0.2, 0) is 11.4 Å². The highest BCUT2D eigenvalue weighted by atomic mass is 19.3. The molecule has 0 aliphatic heterocycles. The van der Waals surface area contributed by atoms with Crippen molar-refractivity contribution in [1.29, 1.82) is 0 Å². The summed E-state index contributed by atoms with van der Waals surface area (Å²) < 4.78 is 33.8. The summed E-state index contributed by atoms with van der Waals surface area (Å²) in [5.74, 6) is 0.703. The van der Waals surface area contributed by atoms with Gasteiger partial charge in [0, 0.05) is 6.54 Å². The van der Waals surface area contributed by atoms with Gasteiger partial charge >= 0.3 is 6.61 Å². The standard InChI is InChI=1S/C13H19F2NO3/c1-9(2)8-18-16-7-10-4-5-11(17-3)12(6-10)19-13(14)15/h4-6,9,13,16H,7-8H2,1-3H3. The number of halogens is 2. The molecule has 1 N–H and O–H groups in total. The van der Waals surface area contributed by atoms with Crippen LogP contribution in [0, 0.1) is 5.92 Å². The van der Waals surface area contributed by atoms with E-state index in [1.165, 1.54) is 13.2 Å². The summed E-state index contributed by atoms with van der Waals surface area (Å²) in [6.45, 7) is 2.16. The largest absolute Gasteiger partial charge is 0.493 e. The summed E-state index contributed by atoms with van der Waals surface area (Å²) >= 11 is 0. The van der Waals surface area contributed by atoms with Crippen molar-refractivity contribution in [3.05, 3.63) is 23.8 Å². The van der Waals surface area contributed by atoms with Crippen molar-refractivity contribution in [3.63, 3.8) is 0 Å². The molecule has 0 saturated carbocycles. The van der Waals surface area contributed by atoms with E-state index in [1.807, 2.05) is 13.8 Å². The van der Waals surface area contributed by atoms with Gasteiger partial charge in [-0.05, 0) is 23.6 Å². The SMILES string of the molecule is COc1ccc(CNOCC(C)C)cc1OC(F)F. The van der Waals surface area contributed by atoms with Crippen molar-refractivity contribution in [2.75, 3.05) is 13.7 Å². The molecule has 0 fully saturated rings. The fourth-order valence-electron chi connectivity index (χ4n) is 1.38. The first kappa shape index (κ1) is 15.7. The quantitative estimate of drug-likeness (QED) is 0.585. The molecule has 0 spiro atoms. The third kappa shape index (κ3) is 5.85. The molecule has 0 aliphatic rings. The normalized spacial score (nSPS) is 11.1. The van der Waals surface area contributed by atoms with Gasteiger partial charge in [0.05, 0.1) is 13.7 Å². The fourth-order valence-corrected chi connectivity index (χ4v) is 1.38. The minimum Gasteiger partial charge on any atom is -0.493 e. The topological polar surface area (TPSA) is 39.7 Å². The molecular weight excluding hydrogens is 256 g/mol. The van der Waals surface area contributed by atoms with Gasteiger partial charge in [-0.25, -0.2) is 0 Å². The van der Waals surface area contributed by atoms with Crippen molar-refractivity contribution in [3.8, 4) is 11.5 Å². The molecule has 0 unspecified atom stereocenters. The average Bonchev–Trinajstić information content (AvgIpc) is 2.34. The Morgan fingerprint density at radius 2 is 1.95 bits per heavy atom. The fraction of sp³-hybridized carbons (Fsp3) is 0.538. The van der Waals surface area contributed by atoms with E-state index < -0.39 is 6.61 Å². The highest BCUT2D eigenvalue weighted by molar-refractivity contribution is 5.42. The second kappa shape index (κ2) is 7.91. The maximum atomic E-state index is 12.2. The van der Waals surface area contributed by atoms with Crippen LogP contribution in [0.5, 0.6) is 11.5 Å². The van der Waals surface area contributed by atoms with E-state index in [0.717, 1.165) is 5.56 Å². The summed E-state index contributed by atoms with van der Waals surface area (Å²) in [7, 11) is 1.40. The molecule has 1 aromatic carbocycles. The van der Waals surface area contributed by atoms with E-state index in [2.05, 4.69) is 10.2 Å². The van der Waals surface area contributed by atoms with E-state index in [1.54, 1.807) is 12.1 Å². The summed E-state index contributed by atoms with van der Waals surface area (Å²) in [5, 5.41) is 0. The van der Waals surface area contributed by atoms with E-state index in [9.17, 15) is 8.78 Å². The van der Waals surface area contributed by atoms with Crippen molar-refractivity contribution >= 4 is 0 Å².